The molecule has 0 amide bonds. The molecule has 1 heterocycles. The van der Waals surface area contributed by atoms with Gasteiger partial charge in [-0.15, -0.1) is 0 Å². The summed E-state index contributed by atoms with van der Waals surface area (Å²) in [4.78, 5) is 0. The van der Waals surface area contributed by atoms with E-state index in [1.807, 2.05) is 6.20 Å². The standard InChI is InChI=1S/C5H7NSe.H3N/c7-5-3-1-2-4-6-5;/h2-4,6-7H,1H2;1H3. The molecule has 0 bridgehead atoms. The van der Waals surface area contributed by atoms with Gasteiger partial charge in [-0.05, 0) is 0 Å². The molecule has 0 unspecified atom stereocenters. The first kappa shape index (κ1) is 7.76. The van der Waals surface area contributed by atoms with Crippen molar-refractivity contribution in [1.29, 1.82) is 0 Å². The number of rotatable bonds is 0. The first-order valence-corrected chi connectivity index (χ1v) is 3.04. The second kappa shape index (κ2) is 3.72. The maximum absolute atomic E-state index is 3.01. The molecule has 46 valence electrons. The topological polar surface area (TPSA) is 48.5 Å². The van der Waals surface area contributed by atoms with Crippen LogP contribution in [0.4, 0.5) is 0 Å². The van der Waals surface area contributed by atoms with Crippen molar-refractivity contribution in [3.05, 3.63) is 22.9 Å². The molecule has 5 N–H and O–H groups in total. The molecule has 1 aliphatic heterocycles. The normalized spacial score (nSPS) is 15.8. The molecule has 3 heteroatoms. The van der Waals surface area contributed by atoms with Crippen LogP contribution in [-0.4, -0.2) is 16.0 Å². The van der Waals surface area contributed by atoms with Crippen molar-refractivity contribution in [2.45, 2.75) is 6.42 Å². The summed E-state index contributed by atoms with van der Waals surface area (Å²) in [6.07, 6.45) is 7.15. The Balaban J connectivity index is 0.000000490. The van der Waals surface area contributed by atoms with Crippen LogP contribution in [0.3, 0.4) is 0 Å². The van der Waals surface area contributed by atoms with Gasteiger partial charge in [-0.3, -0.25) is 0 Å². The van der Waals surface area contributed by atoms with E-state index in [1.54, 1.807) is 0 Å². The minimum absolute atomic E-state index is 0. The Kier molecular flexibility index (Phi) is 3.61. The van der Waals surface area contributed by atoms with Crippen LogP contribution in [0, 0.1) is 0 Å². The molecule has 0 aromatic heterocycles. The van der Waals surface area contributed by atoms with Crippen molar-refractivity contribution in [2.75, 3.05) is 0 Å². The third-order valence-corrected chi connectivity index (χ3v) is 1.38. The van der Waals surface area contributed by atoms with Crippen molar-refractivity contribution < 1.29 is 0 Å². The Morgan fingerprint density at radius 1 is 1.62 bits per heavy atom. The fourth-order valence-electron chi connectivity index (χ4n) is 0.443. The van der Waals surface area contributed by atoms with Crippen molar-refractivity contribution in [3.63, 3.8) is 0 Å². The summed E-state index contributed by atoms with van der Waals surface area (Å²) in [6, 6.07) is 0. The van der Waals surface area contributed by atoms with Crippen molar-refractivity contribution in [3.8, 4) is 0 Å². The van der Waals surface area contributed by atoms with Gasteiger partial charge in [0.1, 0.15) is 0 Å². The Morgan fingerprint density at radius 2 is 2.38 bits per heavy atom. The van der Waals surface area contributed by atoms with Crippen LogP contribution in [-0.2, 0) is 0 Å². The summed E-state index contributed by atoms with van der Waals surface area (Å²) in [6.45, 7) is 0. The van der Waals surface area contributed by atoms with E-state index in [2.05, 4.69) is 33.5 Å². The van der Waals surface area contributed by atoms with Gasteiger partial charge < -0.3 is 6.15 Å². The zero-order valence-corrected chi connectivity index (χ0v) is 6.56. The summed E-state index contributed by atoms with van der Waals surface area (Å²) in [5.74, 6) is 0. The average molecular weight is 177 g/mol. The summed E-state index contributed by atoms with van der Waals surface area (Å²) >= 11 is 2.88. The Hall–Kier alpha value is -0.241. The van der Waals surface area contributed by atoms with Crippen LogP contribution < -0.4 is 11.5 Å². The zero-order valence-electron chi connectivity index (χ0n) is 4.85. The predicted octanol–water partition coefficient (Wildman–Crippen LogP) is 0.879. The van der Waals surface area contributed by atoms with E-state index < -0.39 is 0 Å². The van der Waals surface area contributed by atoms with Gasteiger partial charge in [0.15, 0.2) is 0 Å². The molecule has 1 aliphatic rings. The quantitative estimate of drug-likeness (QED) is 0.530. The molecule has 1 rings (SSSR count). The minimum atomic E-state index is 0. The Bertz CT molecular complexity index is 118. The zero-order chi connectivity index (χ0) is 5.11. The summed E-state index contributed by atoms with van der Waals surface area (Å²) in [7, 11) is 0. The van der Waals surface area contributed by atoms with E-state index in [9.17, 15) is 0 Å². The summed E-state index contributed by atoms with van der Waals surface area (Å²) < 4.78 is 1.13. The predicted molar refractivity (Wildman–Crippen MR) is 36.7 cm³/mol. The summed E-state index contributed by atoms with van der Waals surface area (Å²) in [5, 5.41) is 3.01. The van der Waals surface area contributed by atoms with Gasteiger partial charge in [-0.1, -0.05) is 0 Å². The fourth-order valence-corrected chi connectivity index (χ4v) is 0.788. The Labute approximate surface area is 57.4 Å². The summed E-state index contributed by atoms with van der Waals surface area (Å²) in [5.41, 5.74) is 0. The molecule has 0 saturated carbocycles. The third-order valence-electron chi connectivity index (χ3n) is 0.783. The van der Waals surface area contributed by atoms with E-state index in [0.717, 1.165) is 11.0 Å². The van der Waals surface area contributed by atoms with E-state index in [0.29, 0.717) is 0 Å². The van der Waals surface area contributed by atoms with Gasteiger partial charge in [-0.2, -0.15) is 0 Å². The van der Waals surface area contributed by atoms with Crippen LogP contribution in [0.2, 0.25) is 0 Å². The Morgan fingerprint density at radius 3 is 2.62 bits per heavy atom. The van der Waals surface area contributed by atoms with Crippen molar-refractivity contribution in [1.82, 2.24) is 11.5 Å². The van der Waals surface area contributed by atoms with Crippen LogP contribution in [0.25, 0.3) is 0 Å². The van der Waals surface area contributed by atoms with E-state index in [-0.39, 0.29) is 6.15 Å². The molecular formula is C5H10N2Se. The van der Waals surface area contributed by atoms with Crippen molar-refractivity contribution >= 4 is 16.0 Å². The number of nitrogens with one attached hydrogen (secondary N) is 1. The maximum atomic E-state index is 3.01. The van der Waals surface area contributed by atoms with Crippen LogP contribution in [0.5, 0.6) is 0 Å². The number of allylic oxidation sites excluding steroid dienone is 2. The molecule has 0 aromatic carbocycles. The molecule has 0 spiro atoms. The van der Waals surface area contributed by atoms with Gasteiger partial charge in [-0.25, -0.2) is 0 Å². The van der Waals surface area contributed by atoms with Crippen LogP contribution in [0.1, 0.15) is 6.42 Å². The van der Waals surface area contributed by atoms with Gasteiger partial charge in [0.2, 0.25) is 0 Å². The van der Waals surface area contributed by atoms with E-state index >= 15 is 0 Å². The molecule has 0 atom stereocenters. The van der Waals surface area contributed by atoms with Gasteiger partial charge in [0.05, 0.1) is 0 Å². The van der Waals surface area contributed by atoms with Crippen LogP contribution in [0.15, 0.2) is 22.9 Å². The van der Waals surface area contributed by atoms with Crippen LogP contribution >= 0.6 is 0 Å². The molecule has 0 saturated heterocycles. The fraction of sp³-hybridized carbons (Fsp3) is 0.200. The first-order chi connectivity index (χ1) is 3.39. The second-order valence-electron chi connectivity index (χ2n) is 1.35. The molecule has 0 fully saturated rings. The molecule has 8 heavy (non-hydrogen) atoms. The number of dihydropyridines is 1. The first-order valence-electron chi connectivity index (χ1n) is 2.18. The molecule has 0 aromatic rings. The molecule has 2 nitrogen and oxygen atoms in total. The van der Waals surface area contributed by atoms with Gasteiger partial charge >= 0.3 is 50.7 Å². The molecule has 0 radical (unpaired) electrons. The third kappa shape index (κ3) is 2.17. The monoisotopic (exact) mass is 178 g/mol. The average Bonchev–Trinajstić information content (AvgIpc) is 1.69. The number of quaternary nitrogens is 1. The van der Waals surface area contributed by atoms with E-state index in [1.165, 1.54) is 0 Å². The number of hydrogen-bond acceptors (Lipinski definition) is 1. The van der Waals surface area contributed by atoms with Crippen molar-refractivity contribution in [2.24, 2.45) is 0 Å². The van der Waals surface area contributed by atoms with E-state index in [4.69, 9.17) is 0 Å². The van der Waals surface area contributed by atoms with Gasteiger partial charge in [0, 0.05) is 0 Å². The molecular weight excluding hydrogens is 167 g/mol. The van der Waals surface area contributed by atoms with Gasteiger partial charge in [0.25, 0.3) is 0 Å². The SMILES string of the molecule is [NH4+].[Se-]C1=CCC=CN1. The number of hydrogen-bond donors (Lipinski definition) is 2. The molecule has 0 aliphatic carbocycles. The second-order valence-corrected chi connectivity index (χ2v) is 2.27.